The summed E-state index contributed by atoms with van der Waals surface area (Å²) < 4.78 is 0. The molecule has 84 valence electrons. The molecule has 0 aliphatic carbocycles. The lowest BCUT2D eigenvalue weighted by Gasteiger charge is -2.05. The predicted octanol–water partition coefficient (Wildman–Crippen LogP) is 2.01. The Balaban J connectivity index is 2.08. The van der Waals surface area contributed by atoms with Crippen molar-refractivity contribution in [3.63, 3.8) is 0 Å². The van der Waals surface area contributed by atoms with Crippen molar-refractivity contribution >= 4 is 17.4 Å². The topological polar surface area (TPSA) is 74.5 Å². The van der Waals surface area contributed by atoms with Gasteiger partial charge in [0.2, 0.25) is 0 Å². The van der Waals surface area contributed by atoms with Crippen molar-refractivity contribution in [1.82, 2.24) is 15.0 Å². The normalized spacial score (nSPS) is 9.65. The van der Waals surface area contributed by atoms with E-state index < -0.39 is 0 Å². The third kappa shape index (κ3) is 2.89. The van der Waals surface area contributed by atoms with E-state index in [-0.39, 0.29) is 5.69 Å². The Bertz CT molecular complexity index is 547. The van der Waals surface area contributed by atoms with E-state index in [4.69, 9.17) is 16.9 Å². The minimum Gasteiger partial charge on any atom is -0.364 e. The van der Waals surface area contributed by atoms with E-state index in [0.29, 0.717) is 17.5 Å². The van der Waals surface area contributed by atoms with Crippen LogP contribution in [0.1, 0.15) is 11.3 Å². The number of nitrogens with zero attached hydrogens (tertiary/aromatic N) is 4. The van der Waals surface area contributed by atoms with Crippen LogP contribution >= 0.6 is 11.6 Å². The molecule has 2 rings (SSSR count). The van der Waals surface area contributed by atoms with Crippen molar-refractivity contribution in [2.24, 2.45) is 0 Å². The van der Waals surface area contributed by atoms with Gasteiger partial charge >= 0.3 is 0 Å². The van der Waals surface area contributed by atoms with E-state index in [2.05, 4.69) is 20.3 Å². The number of halogens is 1. The summed E-state index contributed by atoms with van der Waals surface area (Å²) in [5, 5.41) is 12.3. The molecule has 1 N–H and O–H groups in total. The average molecular weight is 246 g/mol. The standard InChI is InChI=1S/C11H8ClN5/c12-10-2-1-8(6-16-10)7-17-11-9(5-13)14-3-4-15-11/h1-4,6H,7H2,(H,15,17). The summed E-state index contributed by atoms with van der Waals surface area (Å²) >= 11 is 5.68. The molecular formula is C11H8ClN5. The minimum atomic E-state index is 0.273. The monoisotopic (exact) mass is 245 g/mol. The van der Waals surface area contributed by atoms with Crippen LogP contribution < -0.4 is 5.32 Å². The molecule has 2 aromatic heterocycles. The maximum absolute atomic E-state index is 8.83. The van der Waals surface area contributed by atoms with Gasteiger partial charge in [-0.05, 0) is 11.6 Å². The Morgan fingerprint density at radius 1 is 1.24 bits per heavy atom. The third-order valence-corrected chi connectivity index (χ3v) is 2.28. The second-order valence-electron chi connectivity index (χ2n) is 3.21. The zero-order chi connectivity index (χ0) is 12.1. The molecule has 2 heterocycles. The molecule has 0 amide bonds. The number of aromatic nitrogens is 3. The predicted molar refractivity (Wildman–Crippen MR) is 63.3 cm³/mol. The molecule has 5 nitrogen and oxygen atoms in total. The van der Waals surface area contributed by atoms with Crippen LogP contribution in [0.25, 0.3) is 0 Å². The molecule has 2 aromatic rings. The van der Waals surface area contributed by atoms with Gasteiger partial charge < -0.3 is 5.32 Å². The summed E-state index contributed by atoms with van der Waals surface area (Å²) in [6.07, 6.45) is 4.68. The number of nitriles is 1. The fraction of sp³-hybridized carbons (Fsp3) is 0.0909. The fourth-order valence-corrected chi connectivity index (χ4v) is 1.36. The summed E-state index contributed by atoms with van der Waals surface area (Å²) in [7, 11) is 0. The molecule has 0 atom stereocenters. The zero-order valence-corrected chi connectivity index (χ0v) is 9.52. The van der Waals surface area contributed by atoms with E-state index in [1.54, 1.807) is 12.3 Å². The van der Waals surface area contributed by atoms with Crippen molar-refractivity contribution in [3.8, 4) is 6.07 Å². The number of pyridine rings is 1. The second kappa shape index (κ2) is 5.23. The Kier molecular flexibility index (Phi) is 3.48. The maximum Gasteiger partial charge on any atom is 0.182 e. The van der Waals surface area contributed by atoms with E-state index in [1.807, 2.05) is 12.1 Å². The summed E-state index contributed by atoms with van der Waals surface area (Å²) in [4.78, 5) is 11.9. The number of hydrogen-bond donors (Lipinski definition) is 1. The van der Waals surface area contributed by atoms with Crippen LogP contribution in [0, 0.1) is 11.3 Å². The van der Waals surface area contributed by atoms with Gasteiger partial charge in [-0.2, -0.15) is 5.26 Å². The molecule has 0 fully saturated rings. The van der Waals surface area contributed by atoms with Crippen LogP contribution in [0.4, 0.5) is 5.82 Å². The van der Waals surface area contributed by atoms with Crippen LogP contribution in [-0.4, -0.2) is 15.0 Å². The van der Waals surface area contributed by atoms with E-state index in [0.717, 1.165) is 5.56 Å². The first-order valence-corrected chi connectivity index (χ1v) is 5.23. The molecule has 0 radical (unpaired) electrons. The maximum atomic E-state index is 8.83. The Labute approximate surface area is 103 Å². The van der Waals surface area contributed by atoms with Crippen LogP contribution in [0.2, 0.25) is 5.15 Å². The lowest BCUT2D eigenvalue weighted by atomic mass is 10.3. The van der Waals surface area contributed by atoms with E-state index in [9.17, 15) is 0 Å². The van der Waals surface area contributed by atoms with Crippen molar-refractivity contribution in [1.29, 1.82) is 5.26 Å². The molecule has 0 unspecified atom stereocenters. The van der Waals surface area contributed by atoms with Gasteiger partial charge in [0.25, 0.3) is 0 Å². The smallest absolute Gasteiger partial charge is 0.182 e. The van der Waals surface area contributed by atoms with Crippen LogP contribution in [0.3, 0.4) is 0 Å². The van der Waals surface area contributed by atoms with Crippen molar-refractivity contribution in [2.75, 3.05) is 5.32 Å². The summed E-state index contributed by atoms with van der Waals surface area (Å²) in [5.74, 6) is 0.463. The Morgan fingerprint density at radius 3 is 2.76 bits per heavy atom. The van der Waals surface area contributed by atoms with E-state index in [1.165, 1.54) is 12.4 Å². The molecule has 0 bridgehead atoms. The van der Waals surface area contributed by atoms with Crippen LogP contribution in [0.15, 0.2) is 30.7 Å². The number of hydrogen-bond acceptors (Lipinski definition) is 5. The van der Waals surface area contributed by atoms with Gasteiger partial charge in [-0.15, -0.1) is 0 Å². The quantitative estimate of drug-likeness (QED) is 0.838. The minimum absolute atomic E-state index is 0.273. The molecule has 0 spiro atoms. The Hall–Kier alpha value is -2.19. The van der Waals surface area contributed by atoms with Gasteiger partial charge in [0, 0.05) is 25.1 Å². The molecule has 0 aliphatic rings. The van der Waals surface area contributed by atoms with Gasteiger partial charge in [-0.25, -0.2) is 15.0 Å². The van der Waals surface area contributed by atoms with Crippen LogP contribution in [-0.2, 0) is 6.54 Å². The first-order chi connectivity index (χ1) is 8.29. The lowest BCUT2D eigenvalue weighted by Crippen LogP contribution is -2.04. The van der Waals surface area contributed by atoms with Gasteiger partial charge in [-0.3, -0.25) is 0 Å². The SMILES string of the molecule is N#Cc1nccnc1NCc1ccc(Cl)nc1. The molecule has 0 saturated heterocycles. The first kappa shape index (κ1) is 11.3. The highest BCUT2D eigenvalue weighted by molar-refractivity contribution is 6.29. The van der Waals surface area contributed by atoms with Gasteiger partial charge in [0.05, 0.1) is 0 Å². The second-order valence-corrected chi connectivity index (χ2v) is 3.60. The molecular weight excluding hydrogens is 238 g/mol. The first-order valence-electron chi connectivity index (χ1n) is 4.85. The van der Waals surface area contributed by atoms with E-state index >= 15 is 0 Å². The van der Waals surface area contributed by atoms with Gasteiger partial charge in [-0.1, -0.05) is 17.7 Å². The molecule has 0 saturated carbocycles. The highest BCUT2D eigenvalue weighted by Gasteiger charge is 2.03. The summed E-state index contributed by atoms with van der Waals surface area (Å²) in [5.41, 5.74) is 1.22. The summed E-state index contributed by atoms with van der Waals surface area (Å²) in [6, 6.07) is 5.53. The summed E-state index contributed by atoms with van der Waals surface area (Å²) in [6.45, 7) is 0.511. The van der Waals surface area contributed by atoms with Crippen LogP contribution in [0.5, 0.6) is 0 Å². The van der Waals surface area contributed by atoms with Crippen molar-refractivity contribution < 1.29 is 0 Å². The Morgan fingerprint density at radius 2 is 2.06 bits per heavy atom. The average Bonchev–Trinajstić information content (AvgIpc) is 2.38. The van der Waals surface area contributed by atoms with Gasteiger partial charge in [0.15, 0.2) is 11.5 Å². The molecule has 0 aliphatic heterocycles. The van der Waals surface area contributed by atoms with Gasteiger partial charge in [0.1, 0.15) is 11.2 Å². The largest absolute Gasteiger partial charge is 0.364 e. The lowest BCUT2D eigenvalue weighted by molar-refractivity contribution is 1.06. The number of rotatable bonds is 3. The molecule has 0 aromatic carbocycles. The highest BCUT2D eigenvalue weighted by Crippen LogP contribution is 2.10. The molecule has 6 heteroatoms. The van der Waals surface area contributed by atoms with Crippen molar-refractivity contribution in [2.45, 2.75) is 6.54 Å². The highest BCUT2D eigenvalue weighted by atomic mass is 35.5. The number of nitrogens with one attached hydrogen (secondary N) is 1. The fourth-order valence-electron chi connectivity index (χ4n) is 1.25. The number of anilines is 1. The molecule has 17 heavy (non-hydrogen) atoms. The van der Waals surface area contributed by atoms with Crippen molar-refractivity contribution in [3.05, 3.63) is 47.1 Å². The zero-order valence-electron chi connectivity index (χ0n) is 8.76. The third-order valence-electron chi connectivity index (χ3n) is 2.05.